The van der Waals surface area contributed by atoms with Gasteiger partial charge in [0, 0.05) is 50.7 Å². The number of pyridine rings is 1. The second-order valence-electron chi connectivity index (χ2n) is 9.60. The molecule has 176 valence electrons. The zero-order chi connectivity index (χ0) is 23.6. The smallest absolute Gasteiger partial charge is 0.171 e. The maximum atomic E-state index is 14.7. The maximum absolute atomic E-state index is 14.7. The SMILES string of the molecule is CO[C@@H]1CN(C2=CCC3=C4CN(c5ccc(C#N)n6ncc(F)c56)C[C@@H](C)N4CC3=C2)C[C@H]1N. The molecule has 0 saturated carbocycles. The highest BCUT2D eigenvalue weighted by atomic mass is 19.1. The maximum Gasteiger partial charge on any atom is 0.171 e. The van der Waals surface area contributed by atoms with E-state index >= 15 is 0 Å². The van der Waals surface area contributed by atoms with E-state index in [1.807, 2.05) is 6.07 Å². The fourth-order valence-electron chi connectivity index (χ4n) is 5.88. The van der Waals surface area contributed by atoms with Crippen LogP contribution >= 0.6 is 0 Å². The molecule has 0 spiro atoms. The number of hydrogen-bond donors (Lipinski definition) is 1. The standard InChI is InChI=1S/C25H28FN7O/c1-15-10-31(22-6-4-18(8-27)33-25(22)20(26)9-29-33)13-23-19-5-3-17(7-16(19)11-32(15)23)30-12-21(28)24(14-30)34-2/h3-4,6-7,9,15,21,24H,5,10-14,28H2,1-2H3/t15-,21-,24-/m1/s1. The number of hydrogen-bond acceptors (Lipinski definition) is 7. The van der Waals surface area contributed by atoms with Gasteiger partial charge in [-0.3, -0.25) is 0 Å². The fraction of sp³-hybridized carbons (Fsp3) is 0.440. The highest BCUT2D eigenvalue weighted by Crippen LogP contribution is 2.40. The van der Waals surface area contributed by atoms with Crippen molar-refractivity contribution in [2.75, 3.05) is 44.7 Å². The van der Waals surface area contributed by atoms with Crippen LogP contribution in [0.25, 0.3) is 5.52 Å². The first-order chi connectivity index (χ1) is 16.5. The molecule has 2 saturated heterocycles. The van der Waals surface area contributed by atoms with Gasteiger partial charge in [-0.1, -0.05) is 6.08 Å². The predicted octanol–water partition coefficient (Wildman–Crippen LogP) is 2.00. The molecule has 0 aromatic carbocycles. The van der Waals surface area contributed by atoms with Crippen LogP contribution in [0.4, 0.5) is 10.1 Å². The summed E-state index contributed by atoms with van der Waals surface area (Å²) in [6.45, 7) is 6.21. The summed E-state index contributed by atoms with van der Waals surface area (Å²) in [7, 11) is 1.73. The molecule has 8 nitrogen and oxygen atoms in total. The average molecular weight is 462 g/mol. The second kappa shape index (κ2) is 7.86. The average Bonchev–Trinajstić information content (AvgIpc) is 3.53. The minimum absolute atomic E-state index is 0.0285. The van der Waals surface area contributed by atoms with Gasteiger partial charge in [-0.25, -0.2) is 8.91 Å². The zero-order valence-corrected chi connectivity index (χ0v) is 19.4. The van der Waals surface area contributed by atoms with E-state index in [-0.39, 0.29) is 18.2 Å². The van der Waals surface area contributed by atoms with Gasteiger partial charge < -0.3 is 25.2 Å². The van der Waals surface area contributed by atoms with Gasteiger partial charge in [-0.15, -0.1) is 0 Å². The van der Waals surface area contributed by atoms with Gasteiger partial charge in [0.15, 0.2) is 5.82 Å². The number of aromatic nitrogens is 2. The number of ether oxygens (including phenoxy) is 1. The van der Waals surface area contributed by atoms with Gasteiger partial charge in [0.2, 0.25) is 0 Å². The summed E-state index contributed by atoms with van der Waals surface area (Å²) in [5, 5.41) is 13.5. The molecule has 3 atom stereocenters. The van der Waals surface area contributed by atoms with Crippen molar-refractivity contribution in [3.63, 3.8) is 0 Å². The third-order valence-corrected chi connectivity index (χ3v) is 7.64. The highest BCUT2D eigenvalue weighted by Gasteiger charge is 2.38. The van der Waals surface area contributed by atoms with Gasteiger partial charge in [0.1, 0.15) is 17.3 Å². The van der Waals surface area contributed by atoms with Crippen LogP contribution in [0.2, 0.25) is 0 Å². The number of allylic oxidation sites excluding steroid dienone is 2. The monoisotopic (exact) mass is 461 g/mol. The number of anilines is 1. The Bertz CT molecular complexity index is 1300. The molecule has 2 aromatic heterocycles. The second-order valence-corrected chi connectivity index (χ2v) is 9.60. The van der Waals surface area contributed by atoms with E-state index < -0.39 is 5.82 Å². The van der Waals surface area contributed by atoms with Gasteiger partial charge in [0.05, 0.1) is 30.6 Å². The van der Waals surface area contributed by atoms with Crippen LogP contribution in [-0.4, -0.2) is 77.4 Å². The van der Waals surface area contributed by atoms with E-state index in [1.165, 1.54) is 33.3 Å². The van der Waals surface area contributed by atoms with Crippen molar-refractivity contribution in [1.29, 1.82) is 5.26 Å². The molecule has 2 N–H and O–H groups in total. The Morgan fingerprint density at radius 3 is 2.82 bits per heavy atom. The minimum atomic E-state index is -0.407. The van der Waals surface area contributed by atoms with Crippen molar-refractivity contribution in [2.45, 2.75) is 31.5 Å². The van der Waals surface area contributed by atoms with Crippen LogP contribution in [0.15, 0.2) is 53.0 Å². The highest BCUT2D eigenvalue weighted by molar-refractivity contribution is 5.75. The molecule has 0 bridgehead atoms. The number of fused-ring (bicyclic) bond motifs is 3. The summed E-state index contributed by atoms with van der Waals surface area (Å²) in [4.78, 5) is 7.03. The normalized spacial score (nSPS) is 26.6. The Morgan fingerprint density at radius 1 is 1.21 bits per heavy atom. The molecule has 9 heteroatoms. The molecular weight excluding hydrogens is 433 g/mol. The van der Waals surface area contributed by atoms with E-state index in [0.29, 0.717) is 17.8 Å². The molecule has 3 aliphatic heterocycles. The van der Waals surface area contributed by atoms with Crippen LogP contribution in [0.5, 0.6) is 0 Å². The number of methoxy groups -OCH3 is 1. The first-order valence-electron chi connectivity index (χ1n) is 11.7. The number of rotatable bonds is 3. The summed E-state index contributed by atoms with van der Waals surface area (Å²) in [5.41, 5.74) is 13.0. The molecule has 34 heavy (non-hydrogen) atoms. The molecule has 1 aliphatic carbocycles. The van der Waals surface area contributed by atoms with Crippen LogP contribution in [0.3, 0.4) is 0 Å². The predicted molar refractivity (Wildman–Crippen MR) is 126 cm³/mol. The van der Waals surface area contributed by atoms with Crippen LogP contribution in [0, 0.1) is 17.1 Å². The van der Waals surface area contributed by atoms with Crippen LogP contribution < -0.4 is 10.6 Å². The van der Waals surface area contributed by atoms with Gasteiger partial charge in [-0.2, -0.15) is 10.4 Å². The number of nitrogens with zero attached hydrogens (tertiary/aromatic N) is 6. The van der Waals surface area contributed by atoms with Gasteiger partial charge in [-0.05, 0) is 42.7 Å². The number of nitriles is 1. The van der Waals surface area contributed by atoms with Crippen molar-refractivity contribution in [3.8, 4) is 6.07 Å². The molecular formula is C25H28FN7O. The lowest BCUT2D eigenvalue weighted by Gasteiger charge is -2.42. The molecule has 0 radical (unpaired) electrons. The lowest BCUT2D eigenvalue weighted by Crippen LogP contribution is -2.49. The third kappa shape index (κ3) is 3.13. The fourth-order valence-corrected chi connectivity index (χ4v) is 5.88. The van der Waals surface area contributed by atoms with E-state index in [9.17, 15) is 9.65 Å². The van der Waals surface area contributed by atoms with E-state index in [2.05, 4.69) is 44.9 Å². The molecule has 0 unspecified atom stereocenters. The Labute approximate surface area is 198 Å². The topological polar surface area (TPSA) is 86.1 Å². The minimum Gasteiger partial charge on any atom is -0.378 e. The van der Waals surface area contributed by atoms with E-state index in [1.54, 1.807) is 13.2 Å². The molecule has 2 aromatic rings. The number of likely N-dealkylation sites (tertiary alicyclic amines) is 1. The van der Waals surface area contributed by atoms with Crippen LogP contribution in [0.1, 0.15) is 19.0 Å². The Balaban J connectivity index is 1.31. The first kappa shape index (κ1) is 21.2. The zero-order valence-electron chi connectivity index (χ0n) is 19.4. The third-order valence-electron chi connectivity index (χ3n) is 7.64. The van der Waals surface area contributed by atoms with Gasteiger partial charge in [0.25, 0.3) is 0 Å². The van der Waals surface area contributed by atoms with Crippen molar-refractivity contribution in [3.05, 3.63) is 64.5 Å². The van der Waals surface area contributed by atoms with Crippen molar-refractivity contribution in [1.82, 2.24) is 19.4 Å². The van der Waals surface area contributed by atoms with Crippen molar-refractivity contribution >= 4 is 11.2 Å². The summed E-state index contributed by atoms with van der Waals surface area (Å²) < 4.78 is 21.6. The largest absolute Gasteiger partial charge is 0.378 e. The lowest BCUT2D eigenvalue weighted by atomic mass is 9.96. The molecule has 4 aliphatic rings. The molecule has 2 fully saturated rings. The molecule has 6 rings (SSSR count). The number of halogens is 1. The Morgan fingerprint density at radius 2 is 2.06 bits per heavy atom. The quantitative estimate of drug-likeness (QED) is 0.748. The number of nitrogens with two attached hydrogens (primary N) is 1. The summed E-state index contributed by atoms with van der Waals surface area (Å²) >= 11 is 0. The van der Waals surface area contributed by atoms with E-state index in [4.69, 9.17) is 10.5 Å². The summed E-state index contributed by atoms with van der Waals surface area (Å²) in [6, 6.07) is 5.96. The Kier molecular flexibility index (Phi) is 4.90. The van der Waals surface area contributed by atoms with Crippen molar-refractivity contribution in [2.24, 2.45) is 5.73 Å². The number of piperazine rings is 1. The molecule has 0 amide bonds. The van der Waals surface area contributed by atoms with Crippen molar-refractivity contribution < 1.29 is 9.13 Å². The summed E-state index contributed by atoms with van der Waals surface area (Å²) in [5.74, 6) is -0.407. The molecule has 5 heterocycles. The van der Waals surface area contributed by atoms with E-state index in [0.717, 1.165) is 38.3 Å². The van der Waals surface area contributed by atoms with Crippen LogP contribution in [-0.2, 0) is 4.74 Å². The first-order valence-corrected chi connectivity index (χ1v) is 11.7. The Hall–Kier alpha value is -3.35. The van der Waals surface area contributed by atoms with Gasteiger partial charge >= 0.3 is 0 Å². The summed E-state index contributed by atoms with van der Waals surface area (Å²) in [6.07, 6.45) is 6.73. The lowest BCUT2D eigenvalue weighted by molar-refractivity contribution is 0.101.